The summed E-state index contributed by atoms with van der Waals surface area (Å²) in [7, 11) is 0. The standard InChI is InChI=1S/C14H18N4O2S/c1-2-3-9-20-13(19)11-21-14-15-16-17-18(14)10-12-7-5-4-6-8-12/h4-8H,2-3,9-11H2,1H3. The maximum Gasteiger partial charge on any atom is 0.316 e. The Hall–Kier alpha value is -1.89. The van der Waals surface area contributed by atoms with Gasteiger partial charge in [0.2, 0.25) is 5.16 Å². The van der Waals surface area contributed by atoms with Gasteiger partial charge in [-0.3, -0.25) is 4.79 Å². The Kier molecular flexibility index (Phi) is 6.21. The zero-order chi connectivity index (χ0) is 14.9. The maximum atomic E-state index is 11.6. The van der Waals surface area contributed by atoms with Crippen molar-refractivity contribution in [2.45, 2.75) is 31.5 Å². The molecule has 7 heteroatoms. The minimum atomic E-state index is -0.234. The zero-order valence-corrected chi connectivity index (χ0v) is 12.8. The van der Waals surface area contributed by atoms with Gasteiger partial charge in [-0.15, -0.1) is 5.10 Å². The van der Waals surface area contributed by atoms with E-state index in [2.05, 4.69) is 22.4 Å². The highest BCUT2D eigenvalue weighted by Gasteiger charge is 2.11. The summed E-state index contributed by atoms with van der Waals surface area (Å²) in [6, 6.07) is 9.92. The SMILES string of the molecule is CCCCOC(=O)CSc1nnnn1Cc1ccccc1. The maximum absolute atomic E-state index is 11.6. The number of nitrogens with zero attached hydrogens (tertiary/aromatic N) is 4. The van der Waals surface area contributed by atoms with E-state index in [4.69, 9.17) is 4.74 Å². The van der Waals surface area contributed by atoms with E-state index in [1.54, 1.807) is 4.68 Å². The summed E-state index contributed by atoms with van der Waals surface area (Å²) in [5.41, 5.74) is 1.11. The smallest absolute Gasteiger partial charge is 0.316 e. The van der Waals surface area contributed by atoms with Gasteiger partial charge in [0.25, 0.3) is 0 Å². The van der Waals surface area contributed by atoms with Crippen LogP contribution in [0.4, 0.5) is 0 Å². The summed E-state index contributed by atoms with van der Waals surface area (Å²) >= 11 is 1.29. The number of carbonyl (C=O) groups excluding carboxylic acids is 1. The highest BCUT2D eigenvalue weighted by atomic mass is 32.2. The lowest BCUT2D eigenvalue weighted by Crippen LogP contribution is -2.10. The molecule has 2 aromatic rings. The second kappa shape index (κ2) is 8.41. The molecule has 0 bridgehead atoms. The van der Waals surface area contributed by atoms with Gasteiger partial charge in [-0.1, -0.05) is 55.4 Å². The van der Waals surface area contributed by atoms with Crippen LogP contribution < -0.4 is 0 Å². The van der Waals surface area contributed by atoms with Gasteiger partial charge in [-0.25, -0.2) is 4.68 Å². The molecule has 0 aliphatic carbocycles. The number of hydrogen-bond donors (Lipinski definition) is 0. The second-order valence-electron chi connectivity index (χ2n) is 4.47. The van der Waals surface area contributed by atoms with Crippen LogP contribution in [-0.2, 0) is 16.1 Å². The van der Waals surface area contributed by atoms with Crippen LogP contribution in [0.15, 0.2) is 35.5 Å². The lowest BCUT2D eigenvalue weighted by molar-refractivity contribution is -0.140. The molecule has 0 saturated heterocycles. The molecule has 0 atom stereocenters. The van der Waals surface area contributed by atoms with Crippen molar-refractivity contribution >= 4 is 17.7 Å². The first-order valence-corrected chi connectivity index (χ1v) is 7.86. The molecule has 21 heavy (non-hydrogen) atoms. The molecule has 1 aromatic carbocycles. The van der Waals surface area contributed by atoms with Gasteiger partial charge in [-0.05, 0) is 22.4 Å². The molecular weight excluding hydrogens is 288 g/mol. The topological polar surface area (TPSA) is 69.9 Å². The predicted molar refractivity (Wildman–Crippen MR) is 80.0 cm³/mol. The minimum absolute atomic E-state index is 0.221. The molecule has 0 unspecified atom stereocenters. The van der Waals surface area contributed by atoms with Gasteiger partial charge in [0, 0.05) is 0 Å². The number of ether oxygens (including phenoxy) is 1. The van der Waals surface area contributed by atoms with Crippen molar-refractivity contribution in [1.29, 1.82) is 0 Å². The summed E-state index contributed by atoms with van der Waals surface area (Å²) in [4.78, 5) is 11.6. The fourth-order valence-corrected chi connectivity index (χ4v) is 2.33. The van der Waals surface area contributed by atoms with Gasteiger partial charge in [-0.2, -0.15) is 0 Å². The third kappa shape index (κ3) is 5.18. The van der Waals surface area contributed by atoms with Crippen molar-refractivity contribution in [3.05, 3.63) is 35.9 Å². The molecule has 0 fully saturated rings. The van der Waals surface area contributed by atoms with Gasteiger partial charge in [0.15, 0.2) is 0 Å². The van der Waals surface area contributed by atoms with E-state index in [-0.39, 0.29) is 11.7 Å². The van der Waals surface area contributed by atoms with E-state index >= 15 is 0 Å². The quantitative estimate of drug-likeness (QED) is 0.423. The van der Waals surface area contributed by atoms with Crippen LogP contribution in [0, 0.1) is 0 Å². The van der Waals surface area contributed by atoms with Gasteiger partial charge in [0.05, 0.1) is 18.9 Å². The van der Waals surface area contributed by atoms with E-state index < -0.39 is 0 Å². The number of thioether (sulfide) groups is 1. The lowest BCUT2D eigenvalue weighted by Gasteiger charge is -2.05. The number of carbonyl (C=O) groups is 1. The summed E-state index contributed by atoms with van der Waals surface area (Å²) in [6.45, 7) is 3.12. The first kappa shape index (κ1) is 15.5. The first-order valence-electron chi connectivity index (χ1n) is 6.88. The molecule has 0 N–H and O–H groups in total. The van der Waals surface area contributed by atoms with Crippen LogP contribution in [0.2, 0.25) is 0 Å². The summed E-state index contributed by atoms with van der Waals surface area (Å²) < 4.78 is 6.78. The normalized spacial score (nSPS) is 10.5. The molecule has 0 radical (unpaired) electrons. The fourth-order valence-electron chi connectivity index (χ4n) is 1.65. The third-order valence-corrected chi connectivity index (χ3v) is 3.68. The molecule has 0 aliphatic heterocycles. The molecule has 0 aliphatic rings. The molecule has 1 aromatic heterocycles. The Bertz CT molecular complexity index is 559. The number of aromatic nitrogens is 4. The van der Waals surface area contributed by atoms with Crippen molar-refractivity contribution in [2.24, 2.45) is 0 Å². The van der Waals surface area contributed by atoms with E-state index in [1.165, 1.54) is 11.8 Å². The average molecular weight is 306 g/mol. The molecule has 0 saturated carbocycles. The van der Waals surface area contributed by atoms with Crippen molar-refractivity contribution in [2.75, 3.05) is 12.4 Å². The summed E-state index contributed by atoms with van der Waals surface area (Å²) in [5.74, 6) is -0.0125. The van der Waals surface area contributed by atoms with Crippen LogP contribution >= 0.6 is 11.8 Å². The molecule has 2 rings (SSSR count). The van der Waals surface area contributed by atoms with E-state index in [0.29, 0.717) is 18.3 Å². The molecule has 6 nitrogen and oxygen atoms in total. The highest BCUT2D eigenvalue weighted by Crippen LogP contribution is 2.15. The van der Waals surface area contributed by atoms with Crippen LogP contribution in [0.1, 0.15) is 25.3 Å². The third-order valence-electron chi connectivity index (χ3n) is 2.75. The monoisotopic (exact) mass is 306 g/mol. The summed E-state index contributed by atoms with van der Waals surface area (Å²) in [5, 5.41) is 12.2. The van der Waals surface area contributed by atoms with Crippen molar-refractivity contribution in [3.63, 3.8) is 0 Å². The Balaban J connectivity index is 1.84. The molecule has 112 valence electrons. The number of esters is 1. The number of unbranched alkanes of at least 4 members (excludes halogenated alkanes) is 1. The second-order valence-corrected chi connectivity index (χ2v) is 5.41. The number of rotatable bonds is 8. The molecule has 0 spiro atoms. The van der Waals surface area contributed by atoms with Crippen LogP contribution in [0.25, 0.3) is 0 Å². The Morgan fingerprint density at radius 2 is 2.14 bits per heavy atom. The minimum Gasteiger partial charge on any atom is -0.465 e. The summed E-state index contributed by atoms with van der Waals surface area (Å²) in [6.07, 6.45) is 1.90. The number of benzene rings is 1. The fraction of sp³-hybridized carbons (Fsp3) is 0.429. The number of hydrogen-bond acceptors (Lipinski definition) is 6. The molecular formula is C14H18N4O2S. The Morgan fingerprint density at radius 1 is 1.33 bits per heavy atom. The van der Waals surface area contributed by atoms with Gasteiger partial charge in [0.1, 0.15) is 0 Å². The van der Waals surface area contributed by atoms with Crippen LogP contribution in [0.5, 0.6) is 0 Å². The van der Waals surface area contributed by atoms with Crippen molar-refractivity contribution in [1.82, 2.24) is 20.2 Å². The Morgan fingerprint density at radius 3 is 2.90 bits per heavy atom. The van der Waals surface area contributed by atoms with Crippen molar-refractivity contribution in [3.8, 4) is 0 Å². The zero-order valence-electron chi connectivity index (χ0n) is 11.9. The van der Waals surface area contributed by atoms with Crippen LogP contribution in [0.3, 0.4) is 0 Å². The predicted octanol–water partition coefficient (Wildman–Crippen LogP) is 2.16. The van der Waals surface area contributed by atoms with E-state index in [1.807, 2.05) is 30.3 Å². The lowest BCUT2D eigenvalue weighted by atomic mass is 10.2. The Labute approximate surface area is 127 Å². The largest absolute Gasteiger partial charge is 0.465 e. The molecule has 0 amide bonds. The average Bonchev–Trinajstić information content (AvgIpc) is 2.94. The number of tetrazole rings is 1. The van der Waals surface area contributed by atoms with Gasteiger partial charge >= 0.3 is 5.97 Å². The molecule has 1 heterocycles. The van der Waals surface area contributed by atoms with E-state index in [9.17, 15) is 4.79 Å². The van der Waals surface area contributed by atoms with Gasteiger partial charge < -0.3 is 4.74 Å². The van der Waals surface area contributed by atoms with Crippen LogP contribution in [-0.4, -0.2) is 38.5 Å². The van der Waals surface area contributed by atoms with Crippen molar-refractivity contribution < 1.29 is 9.53 Å². The first-order chi connectivity index (χ1) is 10.3. The van der Waals surface area contributed by atoms with E-state index in [0.717, 1.165) is 18.4 Å². The highest BCUT2D eigenvalue weighted by molar-refractivity contribution is 7.99.